The first-order chi connectivity index (χ1) is 11.9. The first-order valence-corrected chi connectivity index (χ1v) is 9.28. The van der Waals surface area contributed by atoms with E-state index in [1.807, 2.05) is 0 Å². The molecule has 0 spiro atoms. The van der Waals surface area contributed by atoms with Crippen molar-refractivity contribution in [3.8, 4) is 5.75 Å². The van der Waals surface area contributed by atoms with Crippen molar-refractivity contribution in [3.05, 3.63) is 24.3 Å². The molecule has 1 heterocycles. The van der Waals surface area contributed by atoms with Gasteiger partial charge in [-0.3, -0.25) is 4.79 Å². The Hall–Kier alpha value is -1.94. The Balaban J connectivity index is 1.85. The summed E-state index contributed by atoms with van der Waals surface area (Å²) in [5.74, 6) is 0.150. The SMILES string of the molecule is CC(C)CNc1nnc(SCC(=O)Nc2ccccc2OC(F)F)s1. The predicted octanol–water partition coefficient (Wildman–Crippen LogP) is 3.94. The van der Waals surface area contributed by atoms with Gasteiger partial charge in [0, 0.05) is 6.54 Å². The van der Waals surface area contributed by atoms with Crippen LogP contribution in [0.2, 0.25) is 0 Å². The van der Waals surface area contributed by atoms with E-state index in [1.54, 1.807) is 12.1 Å². The Labute approximate surface area is 152 Å². The van der Waals surface area contributed by atoms with E-state index in [4.69, 9.17) is 0 Å². The monoisotopic (exact) mass is 388 g/mol. The van der Waals surface area contributed by atoms with E-state index in [0.29, 0.717) is 15.4 Å². The van der Waals surface area contributed by atoms with Gasteiger partial charge in [-0.25, -0.2) is 0 Å². The van der Waals surface area contributed by atoms with Gasteiger partial charge in [-0.1, -0.05) is 49.1 Å². The van der Waals surface area contributed by atoms with Crippen LogP contribution in [0.5, 0.6) is 5.75 Å². The number of carbonyl (C=O) groups excluding carboxylic acids is 1. The summed E-state index contributed by atoms with van der Waals surface area (Å²) in [6.45, 7) is 2.01. The fourth-order valence-corrected chi connectivity index (χ4v) is 3.27. The van der Waals surface area contributed by atoms with Crippen molar-refractivity contribution in [1.82, 2.24) is 10.2 Å². The average Bonchev–Trinajstić information content (AvgIpc) is 3.00. The largest absolute Gasteiger partial charge is 0.433 e. The van der Waals surface area contributed by atoms with Crippen LogP contribution in [0.15, 0.2) is 28.6 Å². The van der Waals surface area contributed by atoms with E-state index in [9.17, 15) is 13.6 Å². The number of benzene rings is 1. The Morgan fingerprint density at radius 1 is 1.32 bits per heavy atom. The highest BCUT2D eigenvalue weighted by atomic mass is 32.2. The number of thioether (sulfide) groups is 1. The molecule has 1 aromatic heterocycles. The summed E-state index contributed by atoms with van der Waals surface area (Å²) in [7, 11) is 0. The number of aromatic nitrogens is 2. The quantitative estimate of drug-likeness (QED) is 0.634. The lowest BCUT2D eigenvalue weighted by Crippen LogP contribution is -2.15. The Morgan fingerprint density at radius 2 is 2.08 bits per heavy atom. The second-order valence-electron chi connectivity index (χ2n) is 5.36. The average molecular weight is 388 g/mol. The molecule has 10 heteroatoms. The fraction of sp³-hybridized carbons (Fsp3) is 0.400. The molecule has 0 bridgehead atoms. The molecular weight excluding hydrogens is 370 g/mol. The number of amides is 1. The van der Waals surface area contributed by atoms with Gasteiger partial charge >= 0.3 is 6.61 Å². The summed E-state index contributed by atoms with van der Waals surface area (Å²) in [4.78, 5) is 12.0. The van der Waals surface area contributed by atoms with Crippen LogP contribution in [0.25, 0.3) is 0 Å². The molecule has 136 valence electrons. The fourth-order valence-electron chi connectivity index (χ4n) is 1.71. The van der Waals surface area contributed by atoms with Crippen LogP contribution >= 0.6 is 23.1 Å². The molecule has 2 N–H and O–H groups in total. The Morgan fingerprint density at radius 3 is 2.80 bits per heavy atom. The van der Waals surface area contributed by atoms with Gasteiger partial charge in [0.25, 0.3) is 0 Å². The van der Waals surface area contributed by atoms with Crippen molar-refractivity contribution in [2.45, 2.75) is 24.8 Å². The van der Waals surface area contributed by atoms with Crippen LogP contribution in [0.1, 0.15) is 13.8 Å². The van der Waals surface area contributed by atoms with Crippen molar-refractivity contribution >= 4 is 39.8 Å². The molecule has 0 saturated carbocycles. The second kappa shape index (κ2) is 9.52. The standard InChI is InChI=1S/C15H18F2N4O2S2/c1-9(2)7-18-14-20-21-15(25-14)24-8-12(22)19-10-5-3-4-6-11(10)23-13(16)17/h3-6,9,13H,7-8H2,1-2H3,(H,18,20)(H,19,22). The summed E-state index contributed by atoms with van der Waals surface area (Å²) in [5.41, 5.74) is 0.199. The van der Waals surface area contributed by atoms with E-state index in [0.717, 1.165) is 6.54 Å². The highest BCUT2D eigenvalue weighted by Crippen LogP contribution is 2.28. The molecule has 0 saturated heterocycles. The van der Waals surface area contributed by atoms with Gasteiger partial charge in [0.05, 0.1) is 11.4 Å². The third-order valence-electron chi connectivity index (χ3n) is 2.77. The lowest BCUT2D eigenvalue weighted by atomic mass is 10.2. The van der Waals surface area contributed by atoms with Crippen LogP contribution in [0, 0.1) is 5.92 Å². The molecule has 0 aliphatic rings. The predicted molar refractivity (Wildman–Crippen MR) is 95.7 cm³/mol. The number of nitrogens with one attached hydrogen (secondary N) is 2. The number of para-hydroxylation sites is 2. The van der Waals surface area contributed by atoms with Gasteiger partial charge in [-0.05, 0) is 18.1 Å². The second-order valence-corrected chi connectivity index (χ2v) is 7.56. The first-order valence-electron chi connectivity index (χ1n) is 7.48. The third-order valence-corrected chi connectivity index (χ3v) is 4.79. The molecule has 25 heavy (non-hydrogen) atoms. The van der Waals surface area contributed by atoms with E-state index >= 15 is 0 Å². The van der Waals surface area contributed by atoms with Crippen molar-refractivity contribution in [2.75, 3.05) is 22.9 Å². The Kier molecular flexibility index (Phi) is 7.38. The smallest absolute Gasteiger partial charge is 0.387 e. The molecule has 0 aliphatic heterocycles. The highest BCUT2D eigenvalue weighted by Gasteiger charge is 2.13. The Bertz CT molecular complexity index is 698. The number of anilines is 2. The number of nitrogens with zero attached hydrogens (tertiary/aromatic N) is 2. The van der Waals surface area contributed by atoms with Crippen LogP contribution in [0.3, 0.4) is 0 Å². The number of alkyl halides is 2. The van der Waals surface area contributed by atoms with Crippen LogP contribution in [0.4, 0.5) is 19.6 Å². The maximum absolute atomic E-state index is 12.4. The summed E-state index contributed by atoms with van der Waals surface area (Å²) in [5, 5.41) is 14.4. The maximum atomic E-state index is 12.4. The molecule has 0 atom stereocenters. The number of carbonyl (C=O) groups is 1. The lowest BCUT2D eigenvalue weighted by Gasteiger charge is -2.11. The van der Waals surface area contributed by atoms with Gasteiger partial charge in [0.15, 0.2) is 4.34 Å². The minimum Gasteiger partial charge on any atom is -0.433 e. The zero-order chi connectivity index (χ0) is 18.2. The van der Waals surface area contributed by atoms with Crippen molar-refractivity contribution in [3.63, 3.8) is 0 Å². The highest BCUT2D eigenvalue weighted by molar-refractivity contribution is 8.01. The molecular formula is C15H18F2N4O2S2. The minimum absolute atomic E-state index is 0.0769. The molecule has 1 amide bonds. The van der Waals surface area contributed by atoms with Gasteiger partial charge in [-0.2, -0.15) is 8.78 Å². The molecule has 0 aliphatic carbocycles. The topological polar surface area (TPSA) is 76.1 Å². The molecule has 6 nitrogen and oxygen atoms in total. The third kappa shape index (κ3) is 6.83. The van der Waals surface area contributed by atoms with Crippen LogP contribution in [-0.2, 0) is 4.79 Å². The van der Waals surface area contributed by atoms with Crippen LogP contribution in [-0.4, -0.2) is 35.0 Å². The zero-order valence-electron chi connectivity index (χ0n) is 13.7. The summed E-state index contributed by atoms with van der Waals surface area (Å²) in [6.07, 6.45) is 0. The van der Waals surface area contributed by atoms with Gasteiger partial charge in [-0.15, -0.1) is 10.2 Å². The molecule has 0 unspecified atom stereocenters. The van der Waals surface area contributed by atoms with E-state index < -0.39 is 6.61 Å². The summed E-state index contributed by atoms with van der Waals surface area (Å²) in [6, 6.07) is 6.04. The summed E-state index contributed by atoms with van der Waals surface area (Å²) < 4.78 is 29.8. The van der Waals surface area contributed by atoms with Crippen LogP contribution < -0.4 is 15.4 Å². The first kappa shape index (κ1) is 19.4. The number of rotatable bonds is 9. The number of hydrogen-bond acceptors (Lipinski definition) is 7. The molecule has 2 rings (SSSR count). The molecule has 0 radical (unpaired) electrons. The number of ether oxygens (including phenoxy) is 1. The summed E-state index contributed by atoms with van der Waals surface area (Å²) >= 11 is 2.59. The van der Waals surface area contributed by atoms with E-state index in [1.165, 1.54) is 35.2 Å². The normalized spacial score (nSPS) is 11.0. The minimum atomic E-state index is -2.95. The van der Waals surface area contributed by atoms with Gasteiger partial charge in [0.1, 0.15) is 5.75 Å². The van der Waals surface area contributed by atoms with E-state index in [2.05, 4.69) is 39.4 Å². The number of halogens is 2. The lowest BCUT2D eigenvalue weighted by molar-refractivity contribution is -0.113. The number of hydrogen-bond donors (Lipinski definition) is 2. The molecule has 2 aromatic rings. The van der Waals surface area contributed by atoms with Crippen molar-refractivity contribution in [2.24, 2.45) is 5.92 Å². The van der Waals surface area contributed by atoms with Gasteiger partial charge < -0.3 is 15.4 Å². The maximum Gasteiger partial charge on any atom is 0.387 e. The van der Waals surface area contributed by atoms with Crippen molar-refractivity contribution < 1.29 is 18.3 Å². The molecule has 1 aromatic carbocycles. The van der Waals surface area contributed by atoms with Crippen molar-refractivity contribution in [1.29, 1.82) is 0 Å². The molecule has 0 fully saturated rings. The zero-order valence-corrected chi connectivity index (χ0v) is 15.3. The van der Waals surface area contributed by atoms with Gasteiger partial charge in [0.2, 0.25) is 11.0 Å². The van der Waals surface area contributed by atoms with E-state index in [-0.39, 0.29) is 23.1 Å².